The predicted molar refractivity (Wildman–Crippen MR) is 96.5 cm³/mol. The number of sulfonamides is 1. The summed E-state index contributed by atoms with van der Waals surface area (Å²) in [5.41, 5.74) is 1.26. The van der Waals surface area contributed by atoms with Crippen molar-refractivity contribution in [3.63, 3.8) is 0 Å². The third kappa shape index (κ3) is 3.23. The van der Waals surface area contributed by atoms with Crippen molar-refractivity contribution in [2.75, 3.05) is 52.5 Å². The first kappa shape index (κ1) is 18.1. The van der Waals surface area contributed by atoms with Crippen molar-refractivity contribution in [3.8, 4) is 0 Å². The highest BCUT2D eigenvalue weighted by Gasteiger charge is 2.54. The molecule has 3 fully saturated rings. The van der Waals surface area contributed by atoms with Crippen molar-refractivity contribution in [1.29, 1.82) is 0 Å². The van der Waals surface area contributed by atoms with Crippen LogP contribution in [0.1, 0.15) is 29.9 Å². The molecular formula is C18H27N3O5S. The highest BCUT2D eigenvalue weighted by atomic mass is 32.2. The summed E-state index contributed by atoms with van der Waals surface area (Å²) < 4.78 is 44.5. The van der Waals surface area contributed by atoms with Gasteiger partial charge in [0.1, 0.15) is 17.2 Å². The van der Waals surface area contributed by atoms with Crippen molar-refractivity contribution in [2.24, 2.45) is 11.3 Å². The maximum atomic E-state index is 13.1. The molecule has 27 heavy (non-hydrogen) atoms. The van der Waals surface area contributed by atoms with Crippen LogP contribution >= 0.6 is 0 Å². The van der Waals surface area contributed by atoms with Crippen molar-refractivity contribution < 1.29 is 22.4 Å². The van der Waals surface area contributed by atoms with Crippen LogP contribution in [0.25, 0.3) is 0 Å². The van der Waals surface area contributed by atoms with Gasteiger partial charge >= 0.3 is 0 Å². The Morgan fingerprint density at radius 3 is 2.93 bits per heavy atom. The summed E-state index contributed by atoms with van der Waals surface area (Å²) in [5, 5.41) is 4.03. The first-order valence-corrected chi connectivity index (χ1v) is 11.5. The monoisotopic (exact) mass is 397 g/mol. The van der Waals surface area contributed by atoms with Gasteiger partial charge in [-0.25, -0.2) is 12.7 Å². The average Bonchev–Trinajstić information content (AvgIpc) is 3.39. The number of hydrogen-bond donors (Lipinski definition) is 0. The van der Waals surface area contributed by atoms with Gasteiger partial charge in [0, 0.05) is 43.0 Å². The van der Waals surface area contributed by atoms with Crippen molar-refractivity contribution in [2.45, 2.75) is 31.6 Å². The Morgan fingerprint density at radius 2 is 2.07 bits per heavy atom. The minimum atomic E-state index is -3.45. The number of rotatable bonds is 5. The number of ether oxygens (including phenoxy) is 2. The Hall–Kier alpha value is -1.00. The second-order valence-electron chi connectivity index (χ2n) is 8.44. The zero-order valence-electron chi connectivity index (χ0n) is 15.6. The molecule has 0 bridgehead atoms. The Balaban J connectivity index is 1.33. The lowest BCUT2D eigenvalue weighted by molar-refractivity contribution is 0.102. The molecule has 0 amide bonds. The van der Waals surface area contributed by atoms with Gasteiger partial charge in [-0.2, -0.15) is 0 Å². The molecular weight excluding hydrogens is 370 g/mol. The lowest BCUT2D eigenvalue weighted by Gasteiger charge is -2.32. The van der Waals surface area contributed by atoms with Crippen LogP contribution in [0.5, 0.6) is 0 Å². The fourth-order valence-corrected chi connectivity index (χ4v) is 6.68. The van der Waals surface area contributed by atoms with E-state index in [4.69, 9.17) is 14.0 Å². The molecule has 150 valence electrons. The molecule has 1 aromatic heterocycles. The summed E-state index contributed by atoms with van der Waals surface area (Å²) in [5.74, 6) is 0.939. The average molecular weight is 397 g/mol. The van der Waals surface area contributed by atoms with Gasteiger partial charge in [-0.05, 0) is 25.9 Å². The molecule has 0 aliphatic carbocycles. The summed E-state index contributed by atoms with van der Waals surface area (Å²) in [7, 11) is -3.45. The summed E-state index contributed by atoms with van der Waals surface area (Å²) >= 11 is 0. The van der Waals surface area contributed by atoms with E-state index in [0.717, 1.165) is 31.0 Å². The van der Waals surface area contributed by atoms with Gasteiger partial charge in [0.15, 0.2) is 0 Å². The Bertz CT molecular complexity index is 804. The largest absolute Gasteiger partial charge is 0.380 e. The van der Waals surface area contributed by atoms with Crippen molar-refractivity contribution >= 4 is 10.0 Å². The molecule has 2 atom stereocenters. The van der Waals surface area contributed by atoms with E-state index < -0.39 is 10.0 Å². The molecule has 4 aliphatic rings. The highest BCUT2D eigenvalue weighted by molar-refractivity contribution is 7.88. The topological polar surface area (TPSA) is 85.1 Å². The summed E-state index contributed by atoms with van der Waals surface area (Å²) in [6.45, 7) is 6.58. The second-order valence-corrected chi connectivity index (χ2v) is 10.4. The van der Waals surface area contributed by atoms with E-state index in [1.165, 1.54) is 12.8 Å². The molecule has 8 nitrogen and oxygen atoms in total. The van der Waals surface area contributed by atoms with Gasteiger partial charge in [0.05, 0.1) is 26.4 Å². The molecule has 0 aromatic carbocycles. The second kappa shape index (κ2) is 6.81. The van der Waals surface area contributed by atoms with Gasteiger partial charge in [-0.1, -0.05) is 5.16 Å². The van der Waals surface area contributed by atoms with Crippen LogP contribution in [0.4, 0.5) is 0 Å². The summed E-state index contributed by atoms with van der Waals surface area (Å²) in [4.78, 5) is 2.48. The van der Waals surface area contributed by atoms with E-state index in [2.05, 4.69) is 10.1 Å². The normalized spacial score (nSPS) is 32.1. The smallest absolute Gasteiger partial charge is 0.220 e. The van der Waals surface area contributed by atoms with E-state index in [1.807, 2.05) is 0 Å². The minimum absolute atomic E-state index is 0.0657. The fraction of sp³-hybridized carbons (Fsp3) is 0.833. The molecule has 3 saturated heterocycles. The van der Waals surface area contributed by atoms with Gasteiger partial charge in [0.2, 0.25) is 10.0 Å². The van der Waals surface area contributed by atoms with Crippen LogP contribution in [0.15, 0.2) is 4.52 Å². The molecule has 0 spiro atoms. The van der Waals surface area contributed by atoms with E-state index in [-0.39, 0.29) is 17.1 Å². The zero-order valence-corrected chi connectivity index (χ0v) is 16.4. The molecule has 5 rings (SSSR count). The number of likely N-dealkylation sites (tertiary alicyclic amines) is 1. The van der Waals surface area contributed by atoms with Gasteiger partial charge in [0.25, 0.3) is 0 Å². The van der Waals surface area contributed by atoms with Crippen LogP contribution in [-0.4, -0.2) is 75.3 Å². The van der Waals surface area contributed by atoms with Crippen molar-refractivity contribution in [3.05, 3.63) is 17.0 Å². The van der Waals surface area contributed by atoms with Crippen LogP contribution < -0.4 is 0 Å². The lowest BCUT2D eigenvalue weighted by atomic mass is 9.80. The standard InChI is InChI=1S/C18H27N3O5S/c22-27(23,10-16-15-9-24-6-3-17(15)26-19-16)21-7-14-8-25-13-18(14,12-21)11-20-4-1-2-5-20/h14H,1-13H2/t14-,18+/m1/s1. The molecule has 4 aliphatic heterocycles. The predicted octanol–water partition coefficient (Wildman–Crippen LogP) is 0.621. The molecule has 5 heterocycles. The highest BCUT2D eigenvalue weighted by Crippen LogP contribution is 2.43. The van der Waals surface area contributed by atoms with Crippen LogP contribution in [0.2, 0.25) is 0 Å². The van der Waals surface area contributed by atoms with Crippen LogP contribution in [-0.2, 0) is 38.3 Å². The molecule has 0 unspecified atom stereocenters. The quantitative estimate of drug-likeness (QED) is 0.720. The maximum absolute atomic E-state index is 13.1. The van der Waals surface area contributed by atoms with Crippen LogP contribution in [0, 0.1) is 11.3 Å². The van der Waals surface area contributed by atoms with E-state index in [1.54, 1.807) is 4.31 Å². The fourth-order valence-electron chi connectivity index (χ4n) is 5.06. The van der Waals surface area contributed by atoms with E-state index >= 15 is 0 Å². The Kier molecular flexibility index (Phi) is 4.55. The van der Waals surface area contributed by atoms with E-state index in [0.29, 0.717) is 51.6 Å². The number of hydrogen-bond acceptors (Lipinski definition) is 7. The molecule has 1 aromatic rings. The van der Waals surface area contributed by atoms with Crippen LogP contribution in [0.3, 0.4) is 0 Å². The van der Waals surface area contributed by atoms with Gasteiger partial charge in [-0.3, -0.25) is 0 Å². The van der Waals surface area contributed by atoms with Crippen molar-refractivity contribution in [1.82, 2.24) is 14.4 Å². The first-order valence-electron chi connectivity index (χ1n) is 9.88. The van der Waals surface area contributed by atoms with E-state index in [9.17, 15) is 8.42 Å². The molecule has 0 radical (unpaired) electrons. The first-order chi connectivity index (χ1) is 13.1. The lowest BCUT2D eigenvalue weighted by Crippen LogP contribution is -2.43. The molecule has 0 N–H and O–H groups in total. The summed E-state index contributed by atoms with van der Waals surface area (Å²) in [6, 6.07) is 0. The zero-order chi connectivity index (χ0) is 18.5. The van der Waals surface area contributed by atoms with Gasteiger partial charge < -0.3 is 18.9 Å². The molecule has 9 heteroatoms. The van der Waals surface area contributed by atoms with Gasteiger partial charge in [-0.15, -0.1) is 0 Å². The third-order valence-electron chi connectivity index (χ3n) is 6.61. The third-order valence-corrected chi connectivity index (χ3v) is 8.31. The Labute approximate surface area is 159 Å². The Morgan fingerprint density at radius 1 is 1.22 bits per heavy atom. The SMILES string of the molecule is O=S(=O)(Cc1noc2c1COCC2)N1C[C@@H]2COC[C@]2(CN2CCCC2)C1. The minimum Gasteiger partial charge on any atom is -0.380 e. The number of aromatic nitrogens is 1. The number of fused-ring (bicyclic) bond motifs is 2. The molecule has 0 saturated carbocycles. The maximum Gasteiger partial charge on any atom is 0.220 e. The number of nitrogens with zero attached hydrogens (tertiary/aromatic N) is 3. The summed E-state index contributed by atoms with van der Waals surface area (Å²) in [6.07, 6.45) is 3.14.